The molecule has 0 amide bonds. The van der Waals surface area contributed by atoms with Crippen molar-refractivity contribution in [1.29, 1.82) is 0 Å². The van der Waals surface area contributed by atoms with E-state index in [1.165, 1.54) is 0 Å². The lowest BCUT2D eigenvalue weighted by Crippen LogP contribution is -1.98. The Kier molecular flexibility index (Phi) is 4.55. The van der Waals surface area contributed by atoms with E-state index in [1.807, 2.05) is 12.3 Å². The van der Waals surface area contributed by atoms with Gasteiger partial charge in [-0.25, -0.2) is 0 Å². The third-order valence-electron chi connectivity index (χ3n) is 3.18. The summed E-state index contributed by atoms with van der Waals surface area (Å²) < 4.78 is 0. The molecule has 0 spiro atoms. The minimum absolute atomic E-state index is 0.105. The number of aliphatic hydroxyl groups excluding tert-OH is 1. The van der Waals surface area contributed by atoms with E-state index in [0.717, 1.165) is 34.7 Å². The molecule has 2 rings (SSSR count). The molecule has 0 aromatic heterocycles. The monoisotopic (exact) mass is 268 g/mol. The first-order valence-corrected chi connectivity index (χ1v) is 7.49. The summed E-state index contributed by atoms with van der Waals surface area (Å²) in [4.78, 5) is 1.11. The Labute approximate surface area is 112 Å². The Bertz CT molecular complexity index is 417. The van der Waals surface area contributed by atoms with Crippen LogP contribution in [-0.2, 0) is 0 Å². The summed E-state index contributed by atoms with van der Waals surface area (Å²) >= 11 is 7.81. The Hall–Kier alpha value is -0.440. The van der Waals surface area contributed by atoms with Crippen LogP contribution in [-0.4, -0.2) is 17.5 Å². The molecule has 0 radical (unpaired) electrons. The van der Waals surface area contributed by atoms with Crippen molar-refractivity contribution in [2.24, 2.45) is 5.92 Å². The number of rotatable bonds is 3. The van der Waals surface area contributed by atoms with Crippen molar-refractivity contribution in [3.05, 3.63) is 34.9 Å². The normalized spacial score (nSPS) is 24.6. The summed E-state index contributed by atoms with van der Waals surface area (Å²) in [5.41, 5.74) is 1.13. The predicted octanol–water partition coefficient (Wildman–Crippen LogP) is 4.24. The highest BCUT2D eigenvalue weighted by Crippen LogP contribution is 2.29. The number of benzene rings is 1. The molecule has 1 saturated carbocycles. The molecule has 2 atom stereocenters. The Morgan fingerprint density at radius 1 is 1.41 bits per heavy atom. The lowest BCUT2D eigenvalue weighted by Gasteiger charge is -2.03. The number of aliphatic hydroxyl groups is 1. The maximum atomic E-state index is 9.45. The molecule has 17 heavy (non-hydrogen) atoms. The van der Waals surface area contributed by atoms with Gasteiger partial charge < -0.3 is 5.11 Å². The molecule has 0 aliphatic heterocycles. The van der Waals surface area contributed by atoms with Crippen molar-refractivity contribution in [2.45, 2.75) is 30.3 Å². The highest BCUT2D eigenvalue weighted by molar-refractivity contribution is 7.98. The minimum Gasteiger partial charge on any atom is -0.393 e. The molecule has 0 bridgehead atoms. The van der Waals surface area contributed by atoms with Crippen molar-refractivity contribution >= 4 is 29.4 Å². The fraction of sp³-hybridized carbons (Fsp3) is 0.429. The molecule has 1 nitrogen and oxygen atoms in total. The van der Waals surface area contributed by atoms with E-state index in [9.17, 15) is 5.11 Å². The first-order chi connectivity index (χ1) is 8.19. The summed E-state index contributed by atoms with van der Waals surface area (Å²) in [5.74, 6) is 0.518. The molecule has 1 aliphatic rings. The van der Waals surface area contributed by atoms with Gasteiger partial charge in [-0.05, 0) is 49.1 Å². The lowest BCUT2D eigenvalue weighted by atomic mass is 10.1. The average molecular weight is 269 g/mol. The maximum Gasteiger partial charge on any atom is 0.0547 e. The average Bonchev–Trinajstić information content (AvgIpc) is 2.73. The standard InChI is InChI=1S/C14H17ClOS/c1-17-14-7-5-11(9-13(14)15)3-2-10-4-6-12(16)8-10/h2-3,5,7,9-10,12,16H,4,6,8H2,1H3/b3-2+/t10-,12?/m0/s1. The van der Waals surface area contributed by atoms with E-state index < -0.39 is 0 Å². The van der Waals surface area contributed by atoms with Gasteiger partial charge in [-0.2, -0.15) is 0 Å². The van der Waals surface area contributed by atoms with Gasteiger partial charge >= 0.3 is 0 Å². The third-order valence-corrected chi connectivity index (χ3v) is 4.40. The van der Waals surface area contributed by atoms with E-state index in [2.05, 4.69) is 24.3 Å². The molecular weight excluding hydrogens is 252 g/mol. The number of hydrogen-bond acceptors (Lipinski definition) is 2. The maximum absolute atomic E-state index is 9.45. The summed E-state index contributed by atoms with van der Waals surface area (Å²) in [7, 11) is 0. The summed E-state index contributed by atoms with van der Waals surface area (Å²) in [6.45, 7) is 0. The van der Waals surface area contributed by atoms with Gasteiger partial charge in [0.25, 0.3) is 0 Å². The van der Waals surface area contributed by atoms with Gasteiger partial charge in [0.2, 0.25) is 0 Å². The minimum atomic E-state index is -0.105. The molecule has 1 fully saturated rings. The Morgan fingerprint density at radius 2 is 2.24 bits per heavy atom. The van der Waals surface area contributed by atoms with Crippen LogP contribution in [0.3, 0.4) is 0 Å². The molecule has 1 aromatic carbocycles. The second-order valence-corrected chi connectivity index (χ2v) is 5.74. The van der Waals surface area contributed by atoms with Crippen LogP contribution in [0.2, 0.25) is 5.02 Å². The van der Waals surface area contributed by atoms with Crippen molar-refractivity contribution in [3.8, 4) is 0 Å². The van der Waals surface area contributed by atoms with Gasteiger partial charge in [-0.1, -0.05) is 29.8 Å². The molecule has 1 aliphatic carbocycles. The van der Waals surface area contributed by atoms with E-state index in [-0.39, 0.29) is 6.10 Å². The van der Waals surface area contributed by atoms with Crippen molar-refractivity contribution in [2.75, 3.05) is 6.26 Å². The molecule has 0 heterocycles. The van der Waals surface area contributed by atoms with Crippen LogP contribution in [0.25, 0.3) is 6.08 Å². The van der Waals surface area contributed by atoms with Gasteiger partial charge in [0.05, 0.1) is 11.1 Å². The van der Waals surface area contributed by atoms with Gasteiger partial charge in [-0.15, -0.1) is 11.8 Å². The molecule has 1 N–H and O–H groups in total. The van der Waals surface area contributed by atoms with E-state index in [4.69, 9.17) is 11.6 Å². The molecule has 3 heteroatoms. The fourth-order valence-corrected chi connectivity index (χ4v) is 3.08. The first-order valence-electron chi connectivity index (χ1n) is 5.89. The summed E-state index contributed by atoms with van der Waals surface area (Å²) in [6, 6.07) is 6.13. The molecule has 0 saturated heterocycles. The van der Waals surface area contributed by atoms with Gasteiger partial charge in [0.15, 0.2) is 0 Å². The molecular formula is C14H17ClOS. The number of allylic oxidation sites excluding steroid dienone is 1. The van der Waals surface area contributed by atoms with Crippen LogP contribution in [0.15, 0.2) is 29.2 Å². The number of hydrogen-bond donors (Lipinski definition) is 1. The quantitative estimate of drug-likeness (QED) is 0.828. The first kappa shape index (κ1) is 13.0. The zero-order chi connectivity index (χ0) is 12.3. The third kappa shape index (κ3) is 3.51. The van der Waals surface area contributed by atoms with Crippen molar-refractivity contribution in [1.82, 2.24) is 0 Å². The fourth-order valence-electron chi connectivity index (χ4n) is 2.20. The van der Waals surface area contributed by atoms with Crippen LogP contribution < -0.4 is 0 Å². The second kappa shape index (κ2) is 5.94. The van der Waals surface area contributed by atoms with Crippen LogP contribution >= 0.6 is 23.4 Å². The van der Waals surface area contributed by atoms with Crippen LogP contribution in [0.1, 0.15) is 24.8 Å². The van der Waals surface area contributed by atoms with E-state index in [0.29, 0.717) is 5.92 Å². The zero-order valence-corrected chi connectivity index (χ0v) is 11.5. The SMILES string of the molecule is CSc1ccc(/C=C/[C@H]2CCC(O)C2)cc1Cl. The van der Waals surface area contributed by atoms with Gasteiger partial charge in [0, 0.05) is 4.90 Å². The Morgan fingerprint density at radius 3 is 2.82 bits per heavy atom. The largest absolute Gasteiger partial charge is 0.393 e. The van der Waals surface area contributed by atoms with E-state index in [1.54, 1.807) is 11.8 Å². The van der Waals surface area contributed by atoms with Crippen LogP contribution in [0, 0.1) is 5.92 Å². The number of halogens is 1. The highest BCUT2D eigenvalue weighted by Gasteiger charge is 2.20. The smallest absolute Gasteiger partial charge is 0.0547 e. The molecule has 1 unspecified atom stereocenters. The van der Waals surface area contributed by atoms with Crippen molar-refractivity contribution in [3.63, 3.8) is 0 Å². The summed E-state index contributed by atoms with van der Waals surface area (Å²) in [6.07, 6.45) is 9.14. The molecule has 1 aromatic rings. The lowest BCUT2D eigenvalue weighted by molar-refractivity contribution is 0.180. The predicted molar refractivity (Wildman–Crippen MR) is 75.6 cm³/mol. The summed E-state index contributed by atoms with van der Waals surface area (Å²) in [5, 5.41) is 10.3. The van der Waals surface area contributed by atoms with Gasteiger partial charge in [0.1, 0.15) is 0 Å². The molecule has 92 valence electrons. The van der Waals surface area contributed by atoms with Crippen LogP contribution in [0.4, 0.5) is 0 Å². The Balaban J connectivity index is 2.03. The zero-order valence-electron chi connectivity index (χ0n) is 9.90. The van der Waals surface area contributed by atoms with Gasteiger partial charge in [-0.3, -0.25) is 0 Å². The number of thioether (sulfide) groups is 1. The second-order valence-electron chi connectivity index (χ2n) is 4.48. The van der Waals surface area contributed by atoms with Crippen molar-refractivity contribution < 1.29 is 5.11 Å². The van der Waals surface area contributed by atoms with E-state index >= 15 is 0 Å². The highest BCUT2D eigenvalue weighted by atomic mass is 35.5. The topological polar surface area (TPSA) is 20.2 Å². The van der Waals surface area contributed by atoms with Crippen LogP contribution in [0.5, 0.6) is 0 Å².